The van der Waals surface area contributed by atoms with Crippen LogP contribution in [0.25, 0.3) is 0 Å². The summed E-state index contributed by atoms with van der Waals surface area (Å²) in [6.45, 7) is 5.12. The SMILES string of the molecule is C[C@]12CC[C@H](OC(=O)CBr)C[C@@H]1CC[C@@H]1[C@@H]2CC[C@]2(C)[C@@H](C3=CC(=O)OC3)CC[C@]12O. The molecule has 5 aliphatic rings. The fourth-order valence-corrected chi connectivity index (χ4v) is 8.83. The van der Waals surface area contributed by atoms with Crippen molar-refractivity contribution in [2.24, 2.45) is 34.5 Å². The van der Waals surface area contributed by atoms with Crippen LogP contribution < -0.4 is 0 Å². The molecule has 0 aromatic rings. The second-order valence-corrected chi connectivity index (χ2v) is 11.9. The second kappa shape index (κ2) is 7.58. The van der Waals surface area contributed by atoms with E-state index in [2.05, 4.69) is 29.8 Å². The number of halogens is 1. The molecule has 0 radical (unpaired) electrons. The smallest absolute Gasteiger partial charge is 0.331 e. The number of carbonyl (C=O) groups is 2. The van der Waals surface area contributed by atoms with Crippen molar-refractivity contribution >= 4 is 27.9 Å². The van der Waals surface area contributed by atoms with Crippen LogP contribution >= 0.6 is 15.9 Å². The van der Waals surface area contributed by atoms with Crippen LogP contribution in [0.15, 0.2) is 11.6 Å². The molecule has 4 fully saturated rings. The van der Waals surface area contributed by atoms with Crippen molar-refractivity contribution in [2.75, 3.05) is 11.9 Å². The number of ether oxygens (including phenoxy) is 2. The third kappa shape index (κ3) is 3.18. The number of hydrogen-bond acceptors (Lipinski definition) is 5. The third-order valence-corrected chi connectivity index (χ3v) is 10.8. The summed E-state index contributed by atoms with van der Waals surface area (Å²) in [5.41, 5.74) is 0.456. The summed E-state index contributed by atoms with van der Waals surface area (Å²) in [7, 11) is 0. The predicted molar refractivity (Wildman–Crippen MR) is 119 cm³/mol. The van der Waals surface area contributed by atoms with E-state index in [1.165, 1.54) is 0 Å². The lowest BCUT2D eigenvalue weighted by Gasteiger charge is -2.63. The molecule has 0 spiro atoms. The van der Waals surface area contributed by atoms with E-state index in [9.17, 15) is 14.7 Å². The molecule has 0 bridgehead atoms. The Morgan fingerprint density at radius 3 is 2.68 bits per heavy atom. The fraction of sp³-hybridized carbons (Fsp3) is 0.840. The van der Waals surface area contributed by atoms with Gasteiger partial charge in [-0.1, -0.05) is 29.8 Å². The molecule has 0 aromatic heterocycles. The summed E-state index contributed by atoms with van der Waals surface area (Å²) < 4.78 is 10.9. The van der Waals surface area contributed by atoms with Gasteiger partial charge in [-0.05, 0) is 92.4 Å². The maximum Gasteiger partial charge on any atom is 0.331 e. The van der Waals surface area contributed by atoms with Gasteiger partial charge in [0, 0.05) is 11.5 Å². The van der Waals surface area contributed by atoms with Gasteiger partial charge in [0.1, 0.15) is 18.0 Å². The molecule has 0 saturated heterocycles. The van der Waals surface area contributed by atoms with Gasteiger partial charge in [-0.25, -0.2) is 4.79 Å². The van der Waals surface area contributed by atoms with Gasteiger partial charge in [-0.15, -0.1) is 0 Å². The molecular formula is C25H35BrO5. The number of cyclic esters (lactones) is 1. The van der Waals surface area contributed by atoms with Gasteiger partial charge in [0.05, 0.1) is 5.60 Å². The summed E-state index contributed by atoms with van der Waals surface area (Å²) in [5, 5.41) is 12.5. The first-order valence-electron chi connectivity index (χ1n) is 12.1. The van der Waals surface area contributed by atoms with Crippen molar-refractivity contribution in [1.29, 1.82) is 0 Å². The van der Waals surface area contributed by atoms with Crippen LogP contribution in [0.1, 0.15) is 71.6 Å². The quantitative estimate of drug-likeness (QED) is 0.460. The maximum absolute atomic E-state index is 12.2. The third-order valence-electron chi connectivity index (χ3n) is 10.3. The highest BCUT2D eigenvalue weighted by atomic mass is 79.9. The van der Waals surface area contributed by atoms with Gasteiger partial charge < -0.3 is 14.6 Å². The highest BCUT2D eigenvalue weighted by molar-refractivity contribution is 9.09. The molecule has 5 rings (SSSR count). The minimum absolute atomic E-state index is 0.0410. The molecule has 8 atom stereocenters. The van der Waals surface area contributed by atoms with Crippen molar-refractivity contribution < 1.29 is 24.2 Å². The Morgan fingerprint density at radius 2 is 1.97 bits per heavy atom. The molecule has 31 heavy (non-hydrogen) atoms. The number of aliphatic hydroxyl groups is 1. The van der Waals surface area contributed by atoms with Gasteiger partial charge in [0.2, 0.25) is 0 Å². The van der Waals surface area contributed by atoms with E-state index in [1.54, 1.807) is 6.08 Å². The zero-order chi connectivity index (χ0) is 22.0. The highest BCUT2D eigenvalue weighted by Gasteiger charge is 2.67. The molecular weight excluding hydrogens is 460 g/mol. The van der Waals surface area contributed by atoms with Crippen molar-refractivity contribution in [3.05, 3.63) is 11.6 Å². The van der Waals surface area contributed by atoms with Gasteiger partial charge in [-0.3, -0.25) is 4.79 Å². The molecule has 172 valence electrons. The van der Waals surface area contributed by atoms with E-state index >= 15 is 0 Å². The molecule has 0 unspecified atom stereocenters. The highest BCUT2D eigenvalue weighted by Crippen LogP contribution is 2.70. The standard InChI is InChI=1S/C25H35BrO5/c1-23-8-5-17(31-22(28)13-26)12-16(23)3-4-20-19(23)6-9-24(2)18(7-10-25(20,24)29)15-11-21(27)30-14-15/h11,16-20,29H,3-10,12-14H2,1-2H3/t16-,17-,18+,19-,20+,23-,24+,25-/m0/s1. The van der Waals surface area contributed by atoms with E-state index in [4.69, 9.17) is 9.47 Å². The van der Waals surface area contributed by atoms with E-state index in [0.717, 1.165) is 63.4 Å². The Balaban J connectivity index is 1.37. The first-order valence-corrected chi connectivity index (χ1v) is 13.2. The number of rotatable bonds is 3. The Kier molecular flexibility index (Phi) is 5.36. The molecule has 0 amide bonds. The minimum Gasteiger partial charge on any atom is -0.462 e. The van der Waals surface area contributed by atoms with Gasteiger partial charge in [0.15, 0.2) is 0 Å². The number of alkyl halides is 1. The molecule has 1 N–H and O–H groups in total. The average Bonchev–Trinajstić information content (AvgIpc) is 3.28. The van der Waals surface area contributed by atoms with Crippen LogP contribution in [-0.2, 0) is 19.1 Å². The summed E-state index contributed by atoms with van der Waals surface area (Å²) in [6, 6.07) is 0. The molecule has 0 aromatic carbocycles. The van der Waals surface area contributed by atoms with Crippen LogP contribution in [0.2, 0.25) is 0 Å². The zero-order valence-electron chi connectivity index (χ0n) is 18.7. The van der Waals surface area contributed by atoms with E-state index in [1.807, 2.05) is 0 Å². The van der Waals surface area contributed by atoms with Crippen molar-refractivity contribution in [1.82, 2.24) is 0 Å². The van der Waals surface area contributed by atoms with Crippen LogP contribution in [-0.4, -0.2) is 40.7 Å². The first-order chi connectivity index (χ1) is 14.7. The van der Waals surface area contributed by atoms with Gasteiger partial charge in [-0.2, -0.15) is 0 Å². The Hall–Kier alpha value is -0.880. The lowest BCUT2D eigenvalue weighted by Crippen LogP contribution is -2.62. The average molecular weight is 495 g/mol. The first kappa shape index (κ1) is 21.9. The van der Waals surface area contributed by atoms with E-state index in [0.29, 0.717) is 24.4 Å². The normalized spacial score (nSPS) is 48.8. The lowest BCUT2D eigenvalue weighted by molar-refractivity contribution is -0.209. The van der Waals surface area contributed by atoms with Crippen LogP contribution in [0.3, 0.4) is 0 Å². The predicted octanol–water partition coefficient (Wildman–Crippen LogP) is 4.55. The van der Waals surface area contributed by atoms with Crippen LogP contribution in [0.5, 0.6) is 0 Å². The van der Waals surface area contributed by atoms with Crippen molar-refractivity contribution in [2.45, 2.75) is 83.3 Å². The minimum atomic E-state index is -0.666. The summed E-state index contributed by atoms with van der Waals surface area (Å²) >= 11 is 3.20. The van der Waals surface area contributed by atoms with Gasteiger partial charge >= 0.3 is 11.9 Å². The molecule has 1 aliphatic heterocycles. The Labute approximate surface area is 193 Å². The molecule has 5 nitrogen and oxygen atoms in total. The molecule has 1 heterocycles. The molecule has 4 aliphatic carbocycles. The monoisotopic (exact) mass is 494 g/mol. The topological polar surface area (TPSA) is 72.8 Å². The number of hydrogen-bond donors (Lipinski definition) is 1. The summed E-state index contributed by atoms with van der Waals surface area (Å²) in [6.07, 6.45) is 10.8. The van der Waals surface area contributed by atoms with Crippen LogP contribution in [0.4, 0.5) is 0 Å². The Bertz CT molecular complexity index is 810. The summed E-state index contributed by atoms with van der Waals surface area (Å²) in [5.74, 6) is 1.25. The fourth-order valence-electron chi connectivity index (χ4n) is 8.69. The molecule has 4 saturated carbocycles. The van der Waals surface area contributed by atoms with Crippen LogP contribution in [0, 0.1) is 34.5 Å². The largest absolute Gasteiger partial charge is 0.462 e. The maximum atomic E-state index is 12.2. The van der Waals surface area contributed by atoms with E-state index in [-0.39, 0.29) is 40.1 Å². The number of fused-ring (bicyclic) bond motifs is 5. The number of carbonyl (C=O) groups excluding carboxylic acids is 2. The van der Waals surface area contributed by atoms with E-state index < -0.39 is 5.60 Å². The Morgan fingerprint density at radius 1 is 1.16 bits per heavy atom. The molecule has 6 heteroatoms. The van der Waals surface area contributed by atoms with Crippen molar-refractivity contribution in [3.8, 4) is 0 Å². The van der Waals surface area contributed by atoms with Crippen molar-refractivity contribution in [3.63, 3.8) is 0 Å². The number of esters is 2. The second-order valence-electron chi connectivity index (χ2n) is 11.3. The summed E-state index contributed by atoms with van der Waals surface area (Å²) in [4.78, 5) is 23.5. The zero-order valence-corrected chi connectivity index (χ0v) is 20.3. The lowest BCUT2D eigenvalue weighted by atomic mass is 9.43. The van der Waals surface area contributed by atoms with Gasteiger partial charge in [0.25, 0.3) is 0 Å².